The van der Waals surface area contributed by atoms with Crippen molar-refractivity contribution in [1.82, 2.24) is 5.32 Å². The molecule has 1 aromatic rings. The van der Waals surface area contributed by atoms with Gasteiger partial charge in [0.1, 0.15) is 12.2 Å². The topological polar surface area (TPSA) is 64.6 Å². The van der Waals surface area contributed by atoms with Crippen molar-refractivity contribution in [1.29, 1.82) is 0 Å². The second-order valence-corrected chi connectivity index (χ2v) is 5.51. The van der Waals surface area contributed by atoms with Gasteiger partial charge in [0.05, 0.1) is 11.6 Å². The van der Waals surface area contributed by atoms with Crippen LogP contribution in [0.5, 0.6) is 0 Å². The lowest BCUT2D eigenvalue weighted by Gasteiger charge is -2.21. The first kappa shape index (κ1) is 16.0. The molecule has 0 spiro atoms. The molecule has 1 amide bonds. The fraction of sp³-hybridized carbons (Fsp3) is 0.467. The Balaban J connectivity index is 2.35. The number of esters is 1. The fourth-order valence-electron chi connectivity index (χ4n) is 1.41. The minimum absolute atomic E-state index is 0.0902. The highest BCUT2D eigenvalue weighted by molar-refractivity contribution is 5.89. The van der Waals surface area contributed by atoms with Crippen LogP contribution < -0.4 is 5.32 Å². The number of amides is 1. The van der Waals surface area contributed by atoms with Gasteiger partial charge in [-0.2, -0.15) is 0 Å². The van der Waals surface area contributed by atoms with Crippen LogP contribution in [-0.2, 0) is 9.47 Å². The Morgan fingerprint density at radius 3 is 2.35 bits per heavy atom. The number of ether oxygens (including phenoxy) is 2. The number of alkyl carbamates (subject to hydrolysis) is 1. The van der Waals surface area contributed by atoms with Gasteiger partial charge in [0.2, 0.25) is 0 Å². The van der Waals surface area contributed by atoms with Gasteiger partial charge in [-0.15, -0.1) is 0 Å². The minimum atomic E-state index is -0.551. The van der Waals surface area contributed by atoms with E-state index in [4.69, 9.17) is 9.47 Å². The van der Waals surface area contributed by atoms with Crippen LogP contribution in [0.2, 0.25) is 0 Å². The van der Waals surface area contributed by atoms with Gasteiger partial charge in [0, 0.05) is 0 Å². The third-order valence-corrected chi connectivity index (χ3v) is 2.24. The molecule has 1 rings (SSSR count). The lowest BCUT2D eigenvalue weighted by atomic mass is 10.2. The maximum absolute atomic E-state index is 11.7. The van der Waals surface area contributed by atoms with Crippen molar-refractivity contribution < 1.29 is 19.1 Å². The predicted molar refractivity (Wildman–Crippen MR) is 75.6 cm³/mol. The van der Waals surface area contributed by atoms with Crippen LogP contribution >= 0.6 is 0 Å². The SMILES string of the molecule is C[C@H](COC(=O)c1ccccc1)NC(=O)OC(C)(C)C. The van der Waals surface area contributed by atoms with Gasteiger partial charge >= 0.3 is 12.1 Å². The van der Waals surface area contributed by atoms with E-state index >= 15 is 0 Å². The van der Waals surface area contributed by atoms with Crippen molar-refractivity contribution >= 4 is 12.1 Å². The summed E-state index contributed by atoms with van der Waals surface area (Å²) >= 11 is 0. The maximum atomic E-state index is 11.7. The summed E-state index contributed by atoms with van der Waals surface area (Å²) in [4.78, 5) is 23.2. The summed E-state index contributed by atoms with van der Waals surface area (Å²) in [6.45, 7) is 7.18. The number of carbonyl (C=O) groups is 2. The number of benzene rings is 1. The molecule has 1 atom stereocenters. The van der Waals surface area contributed by atoms with Crippen LogP contribution in [0, 0.1) is 0 Å². The molecule has 0 aromatic heterocycles. The molecule has 5 nitrogen and oxygen atoms in total. The normalized spacial score (nSPS) is 12.4. The molecular weight excluding hydrogens is 258 g/mol. The molecule has 0 aliphatic heterocycles. The van der Waals surface area contributed by atoms with Crippen molar-refractivity contribution in [2.75, 3.05) is 6.61 Å². The summed E-state index contributed by atoms with van der Waals surface area (Å²) in [5, 5.41) is 2.60. The Morgan fingerprint density at radius 1 is 1.20 bits per heavy atom. The Kier molecular flexibility index (Phi) is 5.55. The molecule has 1 aromatic carbocycles. The first-order chi connectivity index (χ1) is 9.28. The summed E-state index contributed by atoms with van der Waals surface area (Å²) in [7, 11) is 0. The molecule has 5 heteroatoms. The van der Waals surface area contributed by atoms with Crippen molar-refractivity contribution in [3.63, 3.8) is 0 Å². The molecule has 0 saturated heterocycles. The highest BCUT2D eigenvalue weighted by Gasteiger charge is 2.18. The van der Waals surface area contributed by atoms with E-state index in [9.17, 15) is 9.59 Å². The van der Waals surface area contributed by atoms with E-state index in [-0.39, 0.29) is 12.6 Å². The first-order valence-electron chi connectivity index (χ1n) is 6.49. The lowest BCUT2D eigenvalue weighted by Crippen LogP contribution is -2.40. The number of hydrogen-bond donors (Lipinski definition) is 1. The minimum Gasteiger partial charge on any atom is -0.460 e. The van der Waals surface area contributed by atoms with Crippen LogP contribution in [0.15, 0.2) is 30.3 Å². The predicted octanol–water partition coefficient (Wildman–Crippen LogP) is 2.76. The van der Waals surface area contributed by atoms with Gasteiger partial charge in [0.15, 0.2) is 0 Å². The molecule has 0 heterocycles. The average molecular weight is 279 g/mol. The highest BCUT2D eigenvalue weighted by atomic mass is 16.6. The summed E-state index contributed by atoms with van der Waals surface area (Å²) < 4.78 is 10.2. The van der Waals surface area contributed by atoms with E-state index in [1.807, 2.05) is 6.07 Å². The monoisotopic (exact) mass is 279 g/mol. The van der Waals surface area contributed by atoms with Gasteiger partial charge in [-0.05, 0) is 39.8 Å². The molecular formula is C15H21NO4. The van der Waals surface area contributed by atoms with Crippen LogP contribution in [0.3, 0.4) is 0 Å². The zero-order valence-corrected chi connectivity index (χ0v) is 12.3. The summed E-state index contributed by atoms with van der Waals surface area (Å²) in [6.07, 6.45) is -0.527. The second kappa shape index (κ2) is 6.93. The number of hydrogen-bond acceptors (Lipinski definition) is 4. The number of nitrogens with one attached hydrogen (secondary N) is 1. The van der Waals surface area contributed by atoms with Gasteiger partial charge in [-0.25, -0.2) is 9.59 Å². The molecule has 0 aliphatic rings. The lowest BCUT2D eigenvalue weighted by molar-refractivity contribution is 0.0381. The van der Waals surface area contributed by atoms with Gasteiger partial charge < -0.3 is 14.8 Å². The molecule has 110 valence electrons. The summed E-state index contributed by atoms with van der Waals surface area (Å²) in [6, 6.07) is 8.38. The first-order valence-corrected chi connectivity index (χ1v) is 6.49. The molecule has 1 N–H and O–H groups in total. The molecule has 0 bridgehead atoms. The van der Waals surface area contributed by atoms with E-state index in [1.165, 1.54) is 0 Å². The van der Waals surface area contributed by atoms with E-state index in [1.54, 1.807) is 52.0 Å². The van der Waals surface area contributed by atoms with Gasteiger partial charge in [-0.3, -0.25) is 0 Å². The second-order valence-electron chi connectivity index (χ2n) is 5.51. The highest BCUT2D eigenvalue weighted by Crippen LogP contribution is 2.07. The zero-order valence-electron chi connectivity index (χ0n) is 12.3. The maximum Gasteiger partial charge on any atom is 0.407 e. The van der Waals surface area contributed by atoms with Crippen LogP contribution in [0.1, 0.15) is 38.1 Å². The molecule has 0 aliphatic carbocycles. The third kappa shape index (κ3) is 6.22. The largest absolute Gasteiger partial charge is 0.460 e. The Labute approximate surface area is 119 Å². The Hall–Kier alpha value is -2.04. The van der Waals surface area contributed by atoms with Crippen LogP contribution in [0.4, 0.5) is 4.79 Å². The van der Waals surface area contributed by atoms with Gasteiger partial charge in [-0.1, -0.05) is 18.2 Å². The molecule has 0 fully saturated rings. The van der Waals surface area contributed by atoms with E-state index in [2.05, 4.69) is 5.32 Å². The summed E-state index contributed by atoms with van der Waals surface area (Å²) in [5.41, 5.74) is -0.0678. The van der Waals surface area contributed by atoms with Gasteiger partial charge in [0.25, 0.3) is 0 Å². The molecule has 0 unspecified atom stereocenters. The van der Waals surface area contributed by atoms with Crippen LogP contribution in [0.25, 0.3) is 0 Å². The number of carbonyl (C=O) groups excluding carboxylic acids is 2. The van der Waals surface area contributed by atoms with Crippen molar-refractivity contribution in [2.24, 2.45) is 0 Å². The van der Waals surface area contributed by atoms with Crippen molar-refractivity contribution in [3.8, 4) is 0 Å². The average Bonchev–Trinajstić information content (AvgIpc) is 2.34. The smallest absolute Gasteiger partial charge is 0.407 e. The molecule has 20 heavy (non-hydrogen) atoms. The molecule has 0 saturated carbocycles. The Bertz CT molecular complexity index is 451. The quantitative estimate of drug-likeness (QED) is 0.861. The third-order valence-electron chi connectivity index (χ3n) is 2.24. The summed E-state index contributed by atoms with van der Waals surface area (Å²) in [5.74, 6) is -0.413. The van der Waals surface area contributed by atoms with E-state index < -0.39 is 17.7 Å². The zero-order chi connectivity index (χ0) is 15.2. The van der Waals surface area contributed by atoms with E-state index in [0.717, 1.165) is 0 Å². The van der Waals surface area contributed by atoms with E-state index in [0.29, 0.717) is 5.56 Å². The molecule has 0 radical (unpaired) electrons. The fourth-order valence-corrected chi connectivity index (χ4v) is 1.41. The standard InChI is InChI=1S/C15H21NO4/c1-11(16-14(18)20-15(2,3)4)10-19-13(17)12-8-6-5-7-9-12/h5-9,11H,10H2,1-4H3,(H,16,18)/t11-/m1/s1. The van der Waals surface area contributed by atoms with Crippen molar-refractivity contribution in [3.05, 3.63) is 35.9 Å². The number of rotatable bonds is 4. The van der Waals surface area contributed by atoms with Crippen molar-refractivity contribution in [2.45, 2.75) is 39.3 Å². The van der Waals surface area contributed by atoms with Crippen LogP contribution in [-0.4, -0.2) is 30.3 Å². The Morgan fingerprint density at radius 2 is 1.80 bits per heavy atom.